The Labute approximate surface area is 77.9 Å². The van der Waals surface area contributed by atoms with E-state index in [1.807, 2.05) is 18.2 Å². The highest BCUT2D eigenvalue weighted by Gasteiger charge is 2.14. The number of hydrogen-bond acceptors (Lipinski definition) is 2. The van der Waals surface area contributed by atoms with E-state index in [-0.39, 0.29) is 12.5 Å². The fraction of sp³-hybridized carbons (Fsp3) is 0.500. The molecule has 1 aliphatic rings. The molecule has 0 bridgehead atoms. The van der Waals surface area contributed by atoms with Gasteiger partial charge in [0.1, 0.15) is 0 Å². The van der Waals surface area contributed by atoms with E-state index in [2.05, 4.69) is 6.92 Å². The van der Waals surface area contributed by atoms with Crippen molar-refractivity contribution >= 4 is 5.97 Å². The molecule has 2 unspecified atom stereocenters. The van der Waals surface area contributed by atoms with Crippen molar-refractivity contribution in [3.8, 4) is 0 Å². The average molecular weight is 181 g/mol. The zero-order chi connectivity index (χ0) is 9.84. The Morgan fingerprint density at radius 3 is 3.08 bits per heavy atom. The molecule has 0 spiro atoms. The van der Waals surface area contributed by atoms with Crippen LogP contribution in [0.15, 0.2) is 23.8 Å². The Balaban J connectivity index is 2.60. The average Bonchev–Trinajstić information content (AvgIpc) is 2.03. The fourth-order valence-electron chi connectivity index (χ4n) is 1.42. The summed E-state index contributed by atoms with van der Waals surface area (Å²) in [6.45, 7) is 2.09. The maximum absolute atomic E-state index is 10.4. The molecular weight excluding hydrogens is 166 g/mol. The summed E-state index contributed by atoms with van der Waals surface area (Å²) in [5.41, 5.74) is 6.66. The topological polar surface area (TPSA) is 63.3 Å². The van der Waals surface area contributed by atoms with Crippen molar-refractivity contribution in [2.24, 2.45) is 11.7 Å². The van der Waals surface area contributed by atoms with E-state index < -0.39 is 5.97 Å². The highest BCUT2D eigenvalue weighted by molar-refractivity contribution is 5.68. The molecular formula is C10H15NO2. The zero-order valence-electron chi connectivity index (χ0n) is 7.73. The van der Waals surface area contributed by atoms with Gasteiger partial charge >= 0.3 is 5.97 Å². The SMILES string of the molecule is CC1C=C(C(N)CC(=O)O)C=CC1. The highest BCUT2D eigenvalue weighted by Crippen LogP contribution is 2.18. The maximum atomic E-state index is 10.4. The first-order valence-electron chi connectivity index (χ1n) is 4.45. The highest BCUT2D eigenvalue weighted by atomic mass is 16.4. The predicted octanol–water partition coefficient (Wildman–Crippen LogP) is 1.31. The molecule has 0 saturated carbocycles. The van der Waals surface area contributed by atoms with Crippen LogP contribution < -0.4 is 5.73 Å². The summed E-state index contributed by atoms with van der Waals surface area (Å²) in [7, 11) is 0. The lowest BCUT2D eigenvalue weighted by Gasteiger charge is -2.16. The van der Waals surface area contributed by atoms with E-state index in [9.17, 15) is 4.79 Å². The fourth-order valence-corrected chi connectivity index (χ4v) is 1.42. The molecule has 1 aliphatic carbocycles. The van der Waals surface area contributed by atoms with Crippen LogP contribution in [0.1, 0.15) is 19.8 Å². The van der Waals surface area contributed by atoms with Crippen molar-refractivity contribution in [2.45, 2.75) is 25.8 Å². The van der Waals surface area contributed by atoms with E-state index in [0.717, 1.165) is 12.0 Å². The van der Waals surface area contributed by atoms with Crippen molar-refractivity contribution in [2.75, 3.05) is 0 Å². The lowest BCUT2D eigenvalue weighted by Crippen LogP contribution is -2.26. The van der Waals surface area contributed by atoms with Crippen molar-refractivity contribution < 1.29 is 9.90 Å². The van der Waals surface area contributed by atoms with E-state index in [4.69, 9.17) is 10.8 Å². The summed E-state index contributed by atoms with van der Waals surface area (Å²) < 4.78 is 0. The lowest BCUT2D eigenvalue weighted by molar-refractivity contribution is -0.137. The molecule has 0 saturated heterocycles. The van der Waals surface area contributed by atoms with Gasteiger partial charge < -0.3 is 10.8 Å². The maximum Gasteiger partial charge on any atom is 0.305 e. The van der Waals surface area contributed by atoms with Crippen LogP contribution in [0.25, 0.3) is 0 Å². The number of carbonyl (C=O) groups is 1. The van der Waals surface area contributed by atoms with Gasteiger partial charge in [0.15, 0.2) is 0 Å². The van der Waals surface area contributed by atoms with Crippen LogP contribution in [0.4, 0.5) is 0 Å². The molecule has 0 aromatic carbocycles. The first-order chi connectivity index (χ1) is 6.09. The van der Waals surface area contributed by atoms with E-state index in [1.54, 1.807) is 0 Å². The second-order valence-electron chi connectivity index (χ2n) is 3.49. The summed E-state index contributed by atoms with van der Waals surface area (Å²) in [5.74, 6) is -0.375. The number of allylic oxidation sites excluding steroid dienone is 2. The van der Waals surface area contributed by atoms with Crippen molar-refractivity contribution in [1.29, 1.82) is 0 Å². The number of hydrogen-bond donors (Lipinski definition) is 2. The van der Waals surface area contributed by atoms with Crippen molar-refractivity contribution in [3.63, 3.8) is 0 Å². The van der Waals surface area contributed by atoms with Gasteiger partial charge in [0.2, 0.25) is 0 Å². The van der Waals surface area contributed by atoms with Gasteiger partial charge in [0.05, 0.1) is 6.42 Å². The monoisotopic (exact) mass is 181 g/mol. The number of carboxylic acid groups (broad SMARTS) is 1. The summed E-state index contributed by atoms with van der Waals surface area (Å²) in [5, 5.41) is 8.55. The van der Waals surface area contributed by atoms with Gasteiger partial charge in [0.25, 0.3) is 0 Å². The summed E-state index contributed by atoms with van der Waals surface area (Å²) >= 11 is 0. The number of rotatable bonds is 3. The largest absolute Gasteiger partial charge is 0.481 e. The third kappa shape index (κ3) is 3.03. The van der Waals surface area contributed by atoms with E-state index in [0.29, 0.717) is 5.92 Å². The molecule has 72 valence electrons. The summed E-state index contributed by atoms with van der Waals surface area (Å²) in [6.07, 6.45) is 7.04. The molecule has 3 nitrogen and oxygen atoms in total. The molecule has 0 aromatic rings. The Morgan fingerprint density at radius 2 is 2.54 bits per heavy atom. The molecule has 0 amide bonds. The quantitative estimate of drug-likeness (QED) is 0.690. The van der Waals surface area contributed by atoms with Gasteiger partial charge in [-0.2, -0.15) is 0 Å². The smallest absolute Gasteiger partial charge is 0.305 e. The Kier molecular flexibility index (Phi) is 3.25. The molecule has 2 atom stereocenters. The standard InChI is InChI=1S/C10H15NO2/c1-7-3-2-4-8(5-7)9(11)6-10(12)13/h2,4-5,7,9H,3,6,11H2,1H3,(H,12,13). The Hall–Kier alpha value is -1.09. The Morgan fingerprint density at radius 1 is 1.85 bits per heavy atom. The molecule has 0 fully saturated rings. The molecule has 3 N–H and O–H groups in total. The summed E-state index contributed by atoms with van der Waals surface area (Å²) in [4.78, 5) is 10.4. The second-order valence-corrected chi connectivity index (χ2v) is 3.49. The van der Waals surface area contributed by atoms with Gasteiger partial charge in [-0.25, -0.2) is 0 Å². The third-order valence-corrected chi connectivity index (χ3v) is 2.12. The van der Waals surface area contributed by atoms with Crippen LogP contribution in [0.5, 0.6) is 0 Å². The molecule has 1 rings (SSSR count). The van der Waals surface area contributed by atoms with E-state index in [1.165, 1.54) is 0 Å². The van der Waals surface area contributed by atoms with Crippen LogP contribution >= 0.6 is 0 Å². The van der Waals surface area contributed by atoms with Gasteiger partial charge in [-0.15, -0.1) is 0 Å². The predicted molar refractivity (Wildman–Crippen MR) is 51.2 cm³/mol. The molecule has 0 heterocycles. The van der Waals surface area contributed by atoms with Crippen LogP contribution in [0, 0.1) is 5.92 Å². The van der Waals surface area contributed by atoms with Gasteiger partial charge in [0, 0.05) is 6.04 Å². The van der Waals surface area contributed by atoms with Crippen molar-refractivity contribution in [1.82, 2.24) is 0 Å². The number of nitrogens with two attached hydrogens (primary N) is 1. The van der Waals surface area contributed by atoms with Crippen molar-refractivity contribution in [3.05, 3.63) is 23.8 Å². The summed E-state index contributed by atoms with van der Waals surface area (Å²) in [6, 6.07) is -0.364. The zero-order valence-corrected chi connectivity index (χ0v) is 7.73. The number of aliphatic carboxylic acids is 1. The van der Waals surface area contributed by atoms with Crippen LogP contribution in [0.2, 0.25) is 0 Å². The second kappa shape index (κ2) is 4.23. The third-order valence-electron chi connectivity index (χ3n) is 2.12. The molecule has 0 aromatic heterocycles. The van der Waals surface area contributed by atoms with Gasteiger partial charge in [-0.05, 0) is 17.9 Å². The van der Waals surface area contributed by atoms with Gasteiger partial charge in [-0.3, -0.25) is 4.79 Å². The minimum absolute atomic E-state index is 0.00287. The Bertz CT molecular complexity index is 256. The molecule has 3 heteroatoms. The van der Waals surface area contributed by atoms with Crippen LogP contribution in [0.3, 0.4) is 0 Å². The minimum Gasteiger partial charge on any atom is -0.481 e. The molecule has 0 radical (unpaired) electrons. The van der Waals surface area contributed by atoms with Crippen LogP contribution in [-0.4, -0.2) is 17.1 Å². The minimum atomic E-state index is -0.847. The van der Waals surface area contributed by atoms with Crippen LogP contribution in [-0.2, 0) is 4.79 Å². The molecule has 0 aliphatic heterocycles. The number of carboxylic acids is 1. The molecule has 13 heavy (non-hydrogen) atoms. The lowest BCUT2D eigenvalue weighted by atomic mass is 9.93. The van der Waals surface area contributed by atoms with E-state index >= 15 is 0 Å². The first-order valence-corrected chi connectivity index (χ1v) is 4.45. The normalized spacial score (nSPS) is 23.8. The first kappa shape index (κ1) is 9.99. The van der Waals surface area contributed by atoms with Gasteiger partial charge in [-0.1, -0.05) is 25.2 Å².